The lowest BCUT2D eigenvalue weighted by Gasteiger charge is -2.39. The number of ether oxygens (including phenoxy) is 2. The number of hydrogen-bond donors (Lipinski definition) is 0. The average Bonchev–Trinajstić information content (AvgIpc) is 1.64. The summed E-state index contributed by atoms with van der Waals surface area (Å²) in [7, 11) is 0. The summed E-state index contributed by atoms with van der Waals surface area (Å²) in [6, 6.07) is 111. The number of anilines is 3. The van der Waals surface area contributed by atoms with Gasteiger partial charge in [-0.25, -0.2) is 0 Å². The van der Waals surface area contributed by atoms with Crippen LogP contribution in [0, 0.1) is 0 Å². The molecule has 0 atom stereocenters. The van der Waals surface area contributed by atoms with Gasteiger partial charge in [0.25, 0.3) is 0 Å². The van der Waals surface area contributed by atoms with Crippen LogP contribution < -0.4 is 14.4 Å². The second kappa shape index (κ2) is 16.7. The van der Waals surface area contributed by atoms with Crippen LogP contribution in [-0.4, -0.2) is 0 Å². The summed E-state index contributed by atoms with van der Waals surface area (Å²) in [4.78, 5) is 2.55. The van der Waals surface area contributed by atoms with Crippen molar-refractivity contribution in [3.05, 3.63) is 364 Å². The SMILES string of the molecule is c1ccc2c(c1)Oc1ccccc1C21c2ccccc2-c2ccc(N(c3ccc(-c4cccc5c4-c4ccccc4C54c5ccccc5Oc5ccccc54)cc3)c3cccc4c3-c3ccccc3C43c4ccccc4-c4ccccc43)cc21. The van der Waals surface area contributed by atoms with E-state index in [-0.39, 0.29) is 0 Å². The molecule has 0 unspecified atom stereocenters. The first-order valence-corrected chi connectivity index (χ1v) is 29.2. The number of hydrogen-bond acceptors (Lipinski definition) is 3. The van der Waals surface area contributed by atoms with E-state index in [0.717, 1.165) is 67.9 Å². The Kier molecular flexibility index (Phi) is 9.13. The lowest BCUT2D eigenvalue weighted by molar-refractivity contribution is 0.436. The molecule has 3 nitrogen and oxygen atoms in total. The van der Waals surface area contributed by atoms with Gasteiger partial charge in [-0.1, -0.05) is 243 Å². The van der Waals surface area contributed by atoms with E-state index in [1.54, 1.807) is 0 Å². The van der Waals surface area contributed by atoms with Crippen molar-refractivity contribution < 1.29 is 9.47 Å². The smallest absolute Gasteiger partial charge is 0.132 e. The van der Waals surface area contributed by atoms with Crippen molar-refractivity contribution in [2.45, 2.75) is 16.2 Å². The minimum atomic E-state index is -0.651. The molecule has 0 radical (unpaired) electrons. The highest BCUT2D eigenvalue weighted by molar-refractivity contribution is 6.03. The van der Waals surface area contributed by atoms with E-state index in [1.165, 1.54) is 94.6 Å². The van der Waals surface area contributed by atoms with Crippen molar-refractivity contribution in [3.63, 3.8) is 0 Å². The van der Waals surface area contributed by atoms with Crippen molar-refractivity contribution in [1.82, 2.24) is 0 Å². The molecule has 0 N–H and O–H groups in total. The highest BCUT2D eigenvalue weighted by Crippen LogP contribution is 2.68. The van der Waals surface area contributed by atoms with Crippen molar-refractivity contribution >= 4 is 17.1 Å². The first-order valence-electron chi connectivity index (χ1n) is 29.2. The molecule has 4 aliphatic carbocycles. The minimum absolute atomic E-state index is 0.517. The third kappa shape index (κ3) is 5.57. The fraction of sp³-hybridized carbons (Fsp3) is 0.0370. The standard InChI is InChI=1S/C81H49NO2/c1-6-27-60-54(21-1)55-22-2-7-28-61(55)79(60)64-31-10-5-25-59(64)78-70(79)37-20-38-72(78)82(52-47-48-57-56-23-3-8-29-62(56)81(71(57)49-52)67-34-13-17-41-75(67)84-76-42-18-14-35-68(76)81)51-45-43-50(44-46-51)53-26-19-36-69-77(53)58-24-4-9-30-63(58)80(69)65-32-11-15-39-73(65)83-74-40-16-12-33-66(74)80/h1-49H. The highest BCUT2D eigenvalue weighted by Gasteiger charge is 2.55. The molecule has 390 valence electrons. The zero-order valence-electron chi connectivity index (χ0n) is 45.6. The van der Waals surface area contributed by atoms with Crippen LogP contribution >= 0.6 is 0 Å². The van der Waals surface area contributed by atoms with Gasteiger partial charge in [-0.3, -0.25) is 0 Å². The molecule has 0 bridgehead atoms. The van der Waals surface area contributed by atoms with E-state index < -0.39 is 16.2 Å². The summed E-state index contributed by atoms with van der Waals surface area (Å²) in [5.74, 6) is 3.54. The minimum Gasteiger partial charge on any atom is -0.457 e. The van der Waals surface area contributed by atoms with Gasteiger partial charge in [-0.05, 0) is 149 Å². The fourth-order valence-corrected chi connectivity index (χ4v) is 16.7. The zero-order chi connectivity index (χ0) is 54.9. The molecule has 19 rings (SSSR count). The summed E-state index contributed by atoms with van der Waals surface area (Å²) in [6.45, 7) is 0. The Morgan fingerprint density at radius 2 is 0.536 bits per heavy atom. The Labute approximate surface area is 487 Å². The summed E-state index contributed by atoms with van der Waals surface area (Å²) in [5, 5.41) is 0. The number of fused-ring (bicyclic) bond motifs is 28. The highest BCUT2D eigenvalue weighted by atomic mass is 16.5. The summed E-state index contributed by atoms with van der Waals surface area (Å²) >= 11 is 0. The van der Waals surface area contributed by atoms with E-state index in [1.807, 2.05) is 0 Å². The fourth-order valence-electron chi connectivity index (χ4n) is 16.7. The van der Waals surface area contributed by atoms with Gasteiger partial charge < -0.3 is 14.4 Å². The quantitative estimate of drug-likeness (QED) is 0.175. The molecule has 13 aromatic rings. The molecule has 3 heteroatoms. The third-order valence-corrected chi connectivity index (χ3v) is 19.6. The Morgan fingerprint density at radius 1 is 0.214 bits per heavy atom. The van der Waals surface area contributed by atoms with Gasteiger partial charge in [0.05, 0.1) is 21.9 Å². The van der Waals surface area contributed by atoms with Crippen LogP contribution in [0.15, 0.2) is 297 Å². The molecule has 84 heavy (non-hydrogen) atoms. The van der Waals surface area contributed by atoms with Gasteiger partial charge in [-0.2, -0.15) is 0 Å². The van der Waals surface area contributed by atoms with Gasteiger partial charge in [0.15, 0.2) is 0 Å². The molecule has 0 saturated heterocycles. The number of para-hydroxylation sites is 4. The first-order chi connectivity index (χ1) is 41.7. The van der Waals surface area contributed by atoms with Crippen molar-refractivity contribution in [2.24, 2.45) is 0 Å². The van der Waals surface area contributed by atoms with E-state index in [4.69, 9.17) is 9.47 Å². The van der Waals surface area contributed by atoms with Crippen LogP contribution in [0.4, 0.5) is 17.1 Å². The Hall–Kier alpha value is -10.7. The molecular weight excluding hydrogens is 1020 g/mol. The van der Waals surface area contributed by atoms with Crippen LogP contribution in [0.5, 0.6) is 23.0 Å². The van der Waals surface area contributed by atoms with E-state index in [9.17, 15) is 0 Å². The molecule has 6 aliphatic rings. The average molecular weight is 1070 g/mol. The lowest BCUT2D eigenvalue weighted by Crippen LogP contribution is -2.32. The second-order valence-electron chi connectivity index (χ2n) is 23.2. The monoisotopic (exact) mass is 1070 g/mol. The van der Waals surface area contributed by atoms with Crippen LogP contribution in [0.3, 0.4) is 0 Å². The van der Waals surface area contributed by atoms with Gasteiger partial charge >= 0.3 is 0 Å². The maximum Gasteiger partial charge on any atom is 0.132 e. The molecule has 13 aromatic carbocycles. The van der Waals surface area contributed by atoms with Gasteiger partial charge in [0.1, 0.15) is 23.0 Å². The van der Waals surface area contributed by atoms with Crippen LogP contribution in [0.2, 0.25) is 0 Å². The van der Waals surface area contributed by atoms with E-state index in [0.29, 0.717) is 0 Å². The molecule has 0 fully saturated rings. The van der Waals surface area contributed by atoms with Gasteiger partial charge in [-0.15, -0.1) is 0 Å². The number of rotatable bonds is 4. The Bertz CT molecular complexity index is 4870. The molecule has 0 aromatic heterocycles. The van der Waals surface area contributed by atoms with Crippen molar-refractivity contribution in [3.8, 4) is 78.6 Å². The van der Waals surface area contributed by atoms with E-state index >= 15 is 0 Å². The maximum atomic E-state index is 6.83. The van der Waals surface area contributed by atoms with Crippen molar-refractivity contribution in [2.75, 3.05) is 4.90 Å². The molecule has 0 saturated carbocycles. The third-order valence-electron chi connectivity index (χ3n) is 19.6. The van der Waals surface area contributed by atoms with Gasteiger partial charge in [0, 0.05) is 39.2 Å². The molecule has 3 spiro atoms. The number of nitrogens with zero attached hydrogens (tertiary/aromatic N) is 1. The lowest BCUT2D eigenvalue weighted by atomic mass is 9.66. The summed E-state index contributed by atoms with van der Waals surface area (Å²) in [6.07, 6.45) is 0. The predicted octanol–water partition coefficient (Wildman–Crippen LogP) is 20.1. The van der Waals surface area contributed by atoms with Crippen LogP contribution in [-0.2, 0) is 16.2 Å². The Balaban J connectivity index is 0.859. The maximum absolute atomic E-state index is 6.83. The number of benzene rings is 13. The predicted molar refractivity (Wildman–Crippen MR) is 338 cm³/mol. The normalized spacial score (nSPS) is 14.9. The van der Waals surface area contributed by atoms with E-state index in [2.05, 4.69) is 302 Å². The zero-order valence-corrected chi connectivity index (χ0v) is 45.6. The first kappa shape index (κ1) is 45.9. The summed E-state index contributed by atoms with van der Waals surface area (Å²) < 4.78 is 13.6. The van der Waals surface area contributed by atoms with Gasteiger partial charge in [0.2, 0.25) is 0 Å². The second-order valence-corrected chi connectivity index (χ2v) is 23.2. The molecule has 0 amide bonds. The van der Waals surface area contributed by atoms with Crippen LogP contribution in [0.1, 0.15) is 66.8 Å². The molecule has 2 heterocycles. The molecular formula is C81H49NO2. The Morgan fingerprint density at radius 3 is 1.02 bits per heavy atom. The van der Waals surface area contributed by atoms with Crippen molar-refractivity contribution in [1.29, 1.82) is 0 Å². The topological polar surface area (TPSA) is 21.7 Å². The van der Waals surface area contributed by atoms with Crippen LogP contribution in [0.25, 0.3) is 55.6 Å². The summed E-state index contributed by atoms with van der Waals surface area (Å²) in [5.41, 5.74) is 28.8. The largest absolute Gasteiger partial charge is 0.457 e. The molecule has 2 aliphatic heterocycles.